The summed E-state index contributed by atoms with van der Waals surface area (Å²) in [6.45, 7) is 4.33. The van der Waals surface area contributed by atoms with Crippen LogP contribution >= 0.6 is 0 Å². The van der Waals surface area contributed by atoms with E-state index in [1.807, 2.05) is 12.2 Å². The minimum absolute atomic E-state index is 0.0835. The zero-order valence-corrected chi connectivity index (χ0v) is 19.2. The Balaban J connectivity index is 1.51. The van der Waals surface area contributed by atoms with Crippen molar-refractivity contribution in [3.05, 3.63) is 60.8 Å². The van der Waals surface area contributed by atoms with E-state index in [4.69, 9.17) is 0 Å². The number of aliphatic hydroxyl groups is 1. The number of carbonyl (C=O) groups is 4. The van der Waals surface area contributed by atoms with E-state index in [1.165, 1.54) is 6.08 Å². The molecule has 3 unspecified atom stereocenters. The summed E-state index contributed by atoms with van der Waals surface area (Å²) in [5, 5.41) is 15.5. The number of fused-ring (bicyclic) bond motifs is 5. The van der Waals surface area contributed by atoms with E-state index in [2.05, 4.69) is 41.5 Å². The molecule has 34 heavy (non-hydrogen) atoms. The molecule has 4 rings (SSSR count). The molecular weight excluding hydrogens is 432 g/mol. The molecule has 2 bridgehead atoms. The Hall–Kier alpha value is -3.06. The van der Waals surface area contributed by atoms with Gasteiger partial charge in [-0.2, -0.15) is 0 Å². The first-order valence-corrected chi connectivity index (χ1v) is 12.1. The van der Waals surface area contributed by atoms with Crippen LogP contribution in [0.3, 0.4) is 0 Å². The maximum absolute atomic E-state index is 12.7. The van der Waals surface area contributed by atoms with Crippen LogP contribution in [0.15, 0.2) is 60.8 Å². The van der Waals surface area contributed by atoms with E-state index < -0.39 is 35.5 Å². The predicted octanol–water partition coefficient (Wildman–Crippen LogP) is 1.95. The second-order valence-electron chi connectivity index (χ2n) is 9.61. The quantitative estimate of drug-likeness (QED) is 0.375. The minimum Gasteiger partial charge on any atom is -0.390 e. The highest BCUT2D eigenvalue weighted by Gasteiger charge is 2.47. The van der Waals surface area contributed by atoms with E-state index in [-0.39, 0.29) is 25.3 Å². The van der Waals surface area contributed by atoms with Crippen molar-refractivity contribution in [2.45, 2.75) is 44.2 Å². The number of aliphatic hydroxyl groups excluding tert-OH is 1. The Morgan fingerprint density at radius 1 is 1.03 bits per heavy atom. The summed E-state index contributed by atoms with van der Waals surface area (Å²) in [5.74, 6) is -1.74. The van der Waals surface area contributed by atoms with E-state index in [0.29, 0.717) is 30.1 Å². The van der Waals surface area contributed by atoms with Gasteiger partial charge in [-0.15, -0.1) is 0 Å². The third kappa shape index (κ3) is 5.04. The molecule has 2 aliphatic heterocycles. The molecule has 7 nitrogen and oxygen atoms in total. The van der Waals surface area contributed by atoms with Crippen LogP contribution in [0.5, 0.6) is 0 Å². The molecule has 2 heterocycles. The maximum Gasteiger partial charge on any atom is 0.243 e. The second-order valence-corrected chi connectivity index (χ2v) is 9.61. The molecule has 3 N–H and O–H groups in total. The highest BCUT2D eigenvalue weighted by Crippen LogP contribution is 2.51. The summed E-state index contributed by atoms with van der Waals surface area (Å²) in [5.41, 5.74) is 1.16. The molecule has 2 fully saturated rings. The lowest BCUT2D eigenvalue weighted by molar-refractivity contribution is -0.136. The first-order valence-electron chi connectivity index (χ1n) is 12.1. The van der Waals surface area contributed by atoms with Crippen molar-refractivity contribution in [1.29, 1.82) is 0 Å². The molecule has 0 aromatic heterocycles. The van der Waals surface area contributed by atoms with Crippen LogP contribution in [0.4, 0.5) is 0 Å². The number of Topliss-reactive ketones (excluding diaryl/α,β-unsaturated/α-hetero) is 2. The van der Waals surface area contributed by atoms with Gasteiger partial charge in [0.05, 0.1) is 6.10 Å². The lowest BCUT2D eigenvalue weighted by Gasteiger charge is -2.19. The Bertz CT molecular complexity index is 991. The maximum atomic E-state index is 12.7. The molecule has 0 aromatic carbocycles. The number of carbonyl (C=O) groups excluding carboxylic acids is 4. The van der Waals surface area contributed by atoms with Crippen molar-refractivity contribution in [2.75, 3.05) is 6.54 Å². The van der Waals surface area contributed by atoms with Gasteiger partial charge >= 0.3 is 0 Å². The SMILES string of the molecule is C=C1C=C[C@@H]2[C@H]3C/C=C\C=C\C(=O)NCCC(O)C4NC(=O)C(C(=O)CC/C=C/[C@@H]3C[C@H]12)C4=O. The average Bonchev–Trinajstić information content (AvgIpc) is 3.43. The molecule has 180 valence electrons. The van der Waals surface area contributed by atoms with Crippen molar-refractivity contribution >= 4 is 23.4 Å². The molecule has 0 aromatic rings. The molecule has 1 saturated heterocycles. The van der Waals surface area contributed by atoms with Crippen molar-refractivity contribution < 1.29 is 24.3 Å². The summed E-state index contributed by atoms with van der Waals surface area (Å²) in [6, 6.07) is -1.13. The Morgan fingerprint density at radius 2 is 1.85 bits per heavy atom. The number of amides is 2. The summed E-state index contributed by atoms with van der Waals surface area (Å²) in [7, 11) is 0. The molecule has 2 aliphatic carbocycles. The summed E-state index contributed by atoms with van der Waals surface area (Å²) in [4.78, 5) is 49.7. The molecule has 1 saturated carbocycles. The normalized spacial score (nSPS) is 39.7. The first-order chi connectivity index (χ1) is 16.4. The van der Waals surface area contributed by atoms with E-state index in [9.17, 15) is 24.3 Å². The Kier molecular flexibility index (Phi) is 7.41. The minimum atomic E-state index is -1.37. The molecule has 0 radical (unpaired) electrons. The van der Waals surface area contributed by atoms with E-state index in [0.717, 1.165) is 18.4 Å². The lowest BCUT2D eigenvalue weighted by atomic mass is 9.85. The fourth-order valence-corrected chi connectivity index (χ4v) is 5.67. The second kappa shape index (κ2) is 10.5. The van der Waals surface area contributed by atoms with Crippen LogP contribution in [0, 0.1) is 29.6 Å². The summed E-state index contributed by atoms with van der Waals surface area (Å²) < 4.78 is 0. The number of hydrogen-bond donors (Lipinski definition) is 3. The largest absolute Gasteiger partial charge is 0.390 e. The standard InChI is InChI=1S/C27H32N2O5/c1-16-11-12-19-18-8-3-2-4-10-23(32)28-14-13-22(31)25-26(33)24(27(34)29-25)21(30)9-6-5-7-17(18)15-20(16)19/h2-5,7,10-12,17-20,22,24-25,31H,1,6,8-9,13-15H2,(H,28,32)(H,29,34)/b3-2-,7-5+,10-4+/t17-,18+,19-,20-,22?,24?,25?/m1/s1. The topological polar surface area (TPSA) is 113 Å². The number of allylic oxidation sites excluding steroid dienone is 8. The van der Waals surface area contributed by atoms with Crippen molar-refractivity contribution in [3.63, 3.8) is 0 Å². The van der Waals surface area contributed by atoms with Gasteiger partial charge < -0.3 is 15.7 Å². The number of hydrogen-bond acceptors (Lipinski definition) is 5. The highest BCUT2D eigenvalue weighted by atomic mass is 16.3. The fraction of sp³-hybridized carbons (Fsp3) is 0.481. The van der Waals surface area contributed by atoms with Crippen LogP contribution in [0.25, 0.3) is 0 Å². The molecule has 0 spiro atoms. The van der Waals surface area contributed by atoms with E-state index >= 15 is 0 Å². The van der Waals surface area contributed by atoms with Gasteiger partial charge in [-0.05, 0) is 49.4 Å². The molecule has 7 atom stereocenters. The van der Waals surface area contributed by atoms with Crippen LogP contribution in [0.1, 0.15) is 32.1 Å². The fourth-order valence-electron chi connectivity index (χ4n) is 5.67. The number of nitrogens with one attached hydrogen (secondary N) is 2. The van der Waals surface area contributed by atoms with Crippen LogP contribution < -0.4 is 10.6 Å². The van der Waals surface area contributed by atoms with Crippen LogP contribution in [-0.4, -0.2) is 47.2 Å². The van der Waals surface area contributed by atoms with Gasteiger partial charge in [0.15, 0.2) is 17.5 Å². The number of ketones is 2. The van der Waals surface area contributed by atoms with Gasteiger partial charge in [0.2, 0.25) is 11.8 Å². The third-order valence-electron chi connectivity index (χ3n) is 7.48. The number of rotatable bonds is 0. The van der Waals surface area contributed by atoms with Gasteiger partial charge in [0, 0.05) is 19.0 Å². The summed E-state index contributed by atoms with van der Waals surface area (Å²) in [6.07, 6.45) is 16.9. The summed E-state index contributed by atoms with van der Waals surface area (Å²) >= 11 is 0. The average molecular weight is 465 g/mol. The molecule has 4 aliphatic rings. The van der Waals surface area contributed by atoms with Gasteiger partial charge in [-0.3, -0.25) is 19.2 Å². The lowest BCUT2D eigenvalue weighted by Crippen LogP contribution is -2.42. The van der Waals surface area contributed by atoms with Crippen LogP contribution in [-0.2, 0) is 19.2 Å². The zero-order valence-electron chi connectivity index (χ0n) is 19.2. The van der Waals surface area contributed by atoms with Crippen molar-refractivity contribution in [1.82, 2.24) is 10.6 Å². The predicted molar refractivity (Wildman–Crippen MR) is 127 cm³/mol. The van der Waals surface area contributed by atoms with E-state index in [1.54, 1.807) is 6.08 Å². The van der Waals surface area contributed by atoms with Crippen LogP contribution in [0.2, 0.25) is 0 Å². The molecule has 7 heteroatoms. The van der Waals surface area contributed by atoms with Crippen molar-refractivity contribution in [2.24, 2.45) is 29.6 Å². The Morgan fingerprint density at radius 3 is 2.68 bits per heavy atom. The zero-order chi connectivity index (χ0) is 24.2. The van der Waals surface area contributed by atoms with Gasteiger partial charge in [0.25, 0.3) is 0 Å². The highest BCUT2D eigenvalue weighted by molar-refractivity contribution is 6.24. The molecule has 2 amide bonds. The van der Waals surface area contributed by atoms with Gasteiger partial charge in [-0.25, -0.2) is 0 Å². The van der Waals surface area contributed by atoms with Gasteiger partial charge in [-0.1, -0.05) is 54.7 Å². The third-order valence-corrected chi connectivity index (χ3v) is 7.48. The first kappa shape index (κ1) is 24.1. The Labute approximate surface area is 199 Å². The monoisotopic (exact) mass is 464 g/mol. The van der Waals surface area contributed by atoms with Gasteiger partial charge in [0.1, 0.15) is 6.04 Å². The molecular formula is C27H32N2O5. The smallest absolute Gasteiger partial charge is 0.243 e. The van der Waals surface area contributed by atoms with Crippen molar-refractivity contribution in [3.8, 4) is 0 Å².